The fraction of sp³-hybridized carbons (Fsp3) is 1.00. The number of rotatable bonds is 0. The lowest BCUT2D eigenvalue weighted by molar-refractivity contribution is 0.200. The first-order chi connectivity index (χ1) is 4.80. The smallest absolute Gasteiger partial charge is 0.0319 e. The minimum atomic E-state index is 0.837. The predicted octanol–water partition coefficient (Wildman–Crippen LogP) is 1.10. The highest BCUT2D eigenvalue weighted by molar-refractivity contribution is 4.68. The van der Waals surface area contributed by atoms with E-state index in [0.717, 1.165) is 13.2 Å². The Kier molecular flexibility index (Phi) is 5.64. The summed E-state index contributed by atoms with van der Waals surface area (Å²) in [6.45, 7) is 3.61. The van der Waals surface area contributed by atoms with Gasteiger partial charge in [-0.2, -0.15) is 0 Å². The maximum absolute atomic E-state index is 7.00. The van der Waals surface area contributed by atoms with Crippen molar-refractivity contribution in [2.24, 2.45) is 0 Å². The SMILES string of the molecule is CC1CCCCN1C.CO. The van der Waals surface area contributed by atoms with Crippen LogP contribution in [0.15, 0.2) is 0 Å². The summed E-state index contributed by atoms with van der Waals surface area (Å²) in [4.78, 5) is 2.43. The highest BCUT2D eigenvalue weighted by atomic mass is 16.2. The van der Waals surface area contributed by atoms with Crippen LogP contribution in [0.2, 0.25) is 0 Å². The summed E-state index contributed by atoms with van der Waals surface area (Å²) in [5, 5.41) is 7.00. The first-order valence-corrected chi connectivity index (χ1v) is 3.95. The minimum Gasteiger partial charge on any atom is -0.400 e. The number of aliphatic hydroxyl groups is 1. The Morgan fingerprint density at radius 2 is 1.90 bits per heavy atom. The molecule has 1 saturated heterocycles. The van der Waals surface area contributed by atoms with Crippen molar-refractivity contribution in [3.63, 3.8) is 0 Å². The van der Waals surface area contributed by atoms with Gasteiger partial charge >= 0.3 is 0 Å². The maximum atomic E-state index is 7.00. The van der Waals surface area contributed by atoms with E-state index in [1.54, 1.807) is 0 Å². The fourth-order valence-electron chi connectivity index (χ4n) is 1.24. The molecule has 1 atom stereocenters. The number of hydrogen-bond donors (Lipinski definition) is 1. The van der Waals surface area contributed by atoms with E-state index in [1.165, 1.54) is 25.8 Å². The van der Waals surface area contributed by atoms with Gasteiger partial charge in [0.05, 0.1) is 0 Å². The lowest BCUT2D eigenvalue weighted by Crippen LogP contribution is -2.33. The van der Waals surface area contributed by atoms with Crippen LogP contribution >= 0.6 is 0 Å². The molecule has 1 aliphatic heterocycles. The van der Waals surface area contributed by atoms with Crippen LogP contribution in [0.25, 0.3) is 0 Å². The summed E-state index contributed by atoms with van der Waals surface area (Å²) in [6, 6.07) is 0.837. The van der Waals surface area contributed by atoms with Gasteiger partial charge in [-0.15, -0.1) is 0 Å². The molecule has 10 heavy (non-hydrogen) atoms. The average Bonchev–Trinajstić information content (AvgIpc) is 2.00. The second kappa shape index (κ2) is 5.69. The van der Waals surface area contributed by atoms with Crippen LogP contribution in [-0.2, 0) is 0 Å². The molecule has 0 saturated carbocycles. The quantitative estimate of drug-likeness (QED) is 0.551. The summed E-state index contributed by atoms with van der Waals surface area (Å²) < 4.78 is 0. The van der Waals surface area contributed by atoms with E-state index in [4.69, 9.17) is 5.11 Å². The first-order valence-electron chi connectivity index (χ1n) is 3.95. The molecule has 0 amide bonds. The lowest BCUT2D eigenvalue weighted by Gasteiger charge is -2.29. The summed E-state index contributed by atoms with van der Waals surface area (Å²) in [7, 11) is 3.21. The fourth-order valence-corrected chi connectivity index (χ4v) is 1.24. The van der Waals surface area contributed by atoms with Crippen LogP contribution in [-0.4, -0.2) is 36.8 Å². The minimum absolute atomic E-state index is 0.837. The highest BCUT2D eigenvalue weighted by Crippen LogP contribution is 2.13. The van der Waals surface area contributed by atoms with Crippen molar-refractivity contribution < 1.29 is 5.11 Å². The third kappa shape index (κ3) is 3.18. The van der Waals surface area contributed by atoms with E-state index in [1.807, 2.05) is 0 Å². The van der Waals surface area contributed by atoms with Crippen LogP contribution in [0.5, 0.6) is 0 Å². The Balaban J connectivity index is 0.000000371. The summed E-state index contributed by atoms with van der Waals surface area (Å²) >= 11 is 0. The van der Waals surface area contributed by atoms with Crippen molar-refractivity contribution >= 4 is 0 Å². The molecule has 62 valence electrons. The van der Waals surface area contributed by atoms with Gasteiger partial charge in [0.1, 0.15) is 0 Å². The first kappa shape index (κ1) is 9.92. The summed E-state index contributed by atoms with van der Waals surface area (Å²) in [6.07, 6.45) is 4.24. The van der Waals surface area contributed by atoms with Crippen LogP contribution in [0.3, 0.4) is 0 Å². The van der Waals surface area contributed by atoms with Gasteiger partial charge in [-0.25, -0.2) is 0 Å². The molecular formula is C8H19NO. The molecule has 2 nitrogen and oxygen atoms in total. The summed E-state index contributed by atoms with van der Waals surface area (Å²) in [5.41, 5.74) is 0. The van der Waals surface area contributed by atoms with Crippen LogP contribution in [0.1, 0.15) is 26.2 Å². The average molecular weight is 145 g/mol. The van der Waals surface area contributed by atoms with E-state index in [-0.39, 0.29) is 0 Å². The van der Waals surface area contributed by atoms with Gasteiger partial charge in [0, 0.05) is 13.2 Å². The number of nitrogens with zero attached hydrogens (tertiary/aromatic N) is 1. The molecule has 1 unspecified atom stereocenters. The Labute approximate surface area is 63.8 Å². The van der Waals surface area contributed by atoms with Gasteiger partial charge in [0.15, 0.2) is 0 Å². The van der Waals surface area contributed by atoms with Crippen LogP contribution in [0, 0.1) is 0 Å². The van der Waals surface area contributed by atoms with E-state index in [0.29, 0.717) is 0 Å². The molecule has 0 radical (unpaired) electrons. The zero-order chi connectivity index (χ0) is 7.98. The molecule has 0 aromatic carbocycles. The Bertz CT molecular complexity index is 65.7. The molecule has 0 aliphatic carbocycles. The van der Waals surface area contributed by atoms with Crippen molar-refractivity contribution in [3.05, 3.63) is 0 Å². The van der Waals surface area contributed by atoms with Gasteiger partial charge in [0.25, 0.3) is 0 Å². The number of likely N-dealkylation sites (tertiary alicyclic amines) is 1. The van der Waals surface area contributed by atoms with Gasteiger partial charge in [-0.05, 0) is 33.4 Å². The second-order valence-electron chi connectivity index (χ2n) is 2.83. The van der Waals surface area contributed by atoms with E-state index in [9.17, 15) is 0 Å². The molecule has 1 fully saturated rings. The number of hydrogen-bond acceptors (Lipinski definition) is 2. The van der Waals surface area contributed by atoms with E-state index < -0.39 is 0 Å². The molecule has 1 rings (SSSR count). The Hall–Kier alpha value is -0.0800. The van der Waals surface area contributed by atoms with Gasteiger partial charge in [-0.1, -0.05) is 6.42 Å². The molecule has 1 heterocycles. The molecule has 1 aliphatic rings. The molecule has 0 aromatic rings. The van der Waals surface area contributed by atoms with Crippen molar-refractivity contribution in [2.75, 3.05) is 20.7 Å². The summed E-state index contributed by atoms with van der Waals surface area (Å²) in [5.74, 6) is 0. The van der Waals surface area contributed by atoms with E-state index >= 15 is 0 Å². The number of aliphatic hydroxyl groups excluding tert-OH is 1. The lowest BCUT2D eigenvalue weighted by atomic mass is 10.1. The maximum Gasteiger partial charge on any atom is 0.0319 e. The molecule has 0 bridgehead atoms. The second-order valence-corrected chi connectivity index (χ2v) is 2.83. The zero-order valence-electron chi connectivity index (χ0n) is 7.30. The van der Waals surface area contributed by atoms with Crippen molar-refractivity contribution in [1.29, 1.82) is 0 Å². The van der Waals surface area contributed by atoms with Crippen molar-refractivity contribution in [2.45, 2.75) is 32.2 Å². The van der Waals surface area contributed by atoms with Gasteiger partial charge in [0.2, 0.25) is 0 Å². The molecule has 2 heteroatoms. The predicted molar refractivity (Wildman–Crippen MR) is 44.1 cm³/mol. The largest absolute Gasteiger partial charge is 0.400 e. The van der Waals surface area contributed by atoms with Crippen molar-refractivity contribution in [3.8, 4) is 0 Å². The molecule has 0 spiro atoms. The molecule has 0 aromatic heterocycles. The Morgan fingerprint density at radius 1 is 1.30 bits per heavy atom. The molecular weight excluding hydrogens is 126 g/mol. The molecule has 1 N–H and O–H groups in total. The standard InChI is InChI=1S/C7H15N.CH4O/c1-7-5-3-4-6-8(7)2;1-2/h7H,3-6H2,1-2H3;2H,1H3. The van der Waals surface area contributed by atoms with Crippen LogP contribution < -0.4 is 0 Å². The third-order valence-electron chi connectivity index (χ3n) is 2.14. The van der Waals surface area contributed by atoms with Gasteiger partial charge in [-0.3, -0.25) is 0 Å². The Morgan fingerprint density at radius 3 is 2.20 bits per heavy atom. The zero-order valence-corrected chi connectivity index (χ0v) is 7.30. The van der Waals surface area contributed by atoms with E-state index in [2.05, 4.69) is 18.9 Å². The normalized spacial score (nSPS) is 27.0. The number of piperidine rings is 1. The third-order valence-corrected chi connectivity index (χ3v) is 2.14. The van der Waals surface area contributed by atoms with Crippen LogP contribution in [0.4, 0.5) is 0 Å². The monoisotopic (exact) mass is 145 g/mol. The highest BCUT2D eigenvalue weighted by Gasteiger charge is 2.12. The van der Waals surface area contributed by atoms with Gasteiger partial charge < -0.3 is 10.0 Å². The topological polar surface area (TPSA) is 23.5 Å². The van der Waals surface area contributed by atoms with Crippen molar-refractivity contribution in [1.82, 2.24) is 4.90 Å².